The quantitative estimate of drug-likeness (QED) is 0.652. The fourth-order valence-electron chi connectivity index (χ4n) is 1.43. The van der Waals surface area contributed by atoms with E-state index in [1.165, 1.54) is 0 Å². The van der Waals surface area contributed by atoms with E-state index in [1.807, 2.05) is 23.9 Å². The van der Waals surface area contributed by atoms with Crippen molar-refractivity contribution in [3.63, 3.8) is 0 Å². The largest absolute Gasteiger partial charge is 0.466 e. The van der Waals surface area contributed by atoms with Gasteiger partial charge in [-0.2, -0.15) is 0 Å². The highest BCUT2D eigenvalue weighted by atomic mass is 79.9. The predicted octanol–water partition coefficient (Wildman–Crippen LogP) is 1.33. The number of imidazole rings is 1. The summed E-state index contributed by atoms with van der Waals surface area (Å²) in [4.78, 5) is 4.22. The molecule has 0 amide bonds. The van der Waals surface area contributed by atoms with Crippen molar-refractivity contribution in [2.75, 3.05) is 0 Å². The van der Waals surface area contributed by atoms with Crippen molar-refractivity contribution < 1.29 is 4.42 Å². The highest BCUT2D eigenvalue weighted by molar-refractivity contribution is 9.10. The lowest BCUT2D eigenvalue weighted by Gasteiger charge is -2.13. The second-order valence-electron chi connectivity index (χ2n) is 3.13. The van der Waals surface area contributed by atoms with Crippen molar-refractivity contribution >= 4 is 15.9 Å². The predicted molar refractivity (Wildman–Crippen MR) is 58.8 cm³/mol. The number of halogens is 1. The SMILES string of the molecule is Cn1ccnc1C(NN)c1occc1Br. The van der Waals surface area contributed by atoms with Gasteiger partial charge in [0.25, 0.3) is 0 Å². The fraction of sp³-hybridized carbons (Fsp3) is 0.222. The Morgan fingerprint density at radius 3 is 2.93 bits per heavy atom. The van der Waals surface area contributed by atoms with Crippen molar-refractivity contribution in [3.05, 3.63) is 40.8 Å². The van der Waals surface area contributed by atoms with E-state index in [-0.39, 0.29) is 6.04 Å². The molecule has 5 nitrogen and oxygen atoms in total. The molecule has 3 N–H and O–H groups in total. The van der Waals surface area contributed by atoms with E-state index in [0.29, 0.717) is 5.76 Å². The maximum atomic E-state index is 5.51. The number of aromatic nitrogens is 2. The molecule has 15 heavy (non-hydrogen) atoms. The van der Waals surface area contributed by atoms with Crippen LogP contribution in [-0.4, -0.2) is 9.55 Å². The molecule has 2 aromatic heterocycles. The Labute approximate surface area is 95.4 Å². The van der Waals surface area contributed by atoms with Gasteiger partial charge in [0.15, 0.2) is 0 Å². The molecule has 0 aliphatic carbocycles. The molecule has 0 aromatic carbocycles. The van der Waals surface area contributed by atoms with Gasteiger partial charge in [0.1, 0.15) is 17.6 Å². The van der Waals surface area contributed by atoms with Crippen LogP contribution in [0.25, 0.3) is 0 Å². The van der Waals surface area contributed by atoms with E-state index in [2.05, 4.69) is 26.3 Å². The second-order valence-corrected chi connectivity index (χ2v) is 3.98. The van der Waals surface area contributed by atoms with Crippen molar-refractivity contribution in [1.82, 2.24) is 15.0 Å². The van der Waals surface area contributed by atoms with Gasteiger partial charge in [-0.1, -0.05) is 0 Å². The molecule has 2 aromatic rings. The number of hydrogen-bond donors (Lipinski definition) is 2. The van der Waals surface area contributed by atoms with E-state index in [0.717, 1.165) is 10.3 Å². The Bertz CT molecular complexity index is 410. The summed E-state index contributed by atoms with van der Waals surface area (Å²) in [6.45, 7) is 0. The molecule has 2 heterocycles. The smallest absolute Gasteiger partial charge is 0.143 e. The molecule has 0 fully saturated rings. The maximum Gasteiger partial charge on any atom is 0.143 e. The molecular formula is C9H11BrN4O. The number of nitrogens with one attached hydrogen (secondary N) is 1. The molecule has 0 aliphatic heterocycles. The van der Waals surface area contributed by atoms with Gasteiger partial charge < -0.3 is 8.98 Å². The van der Waals surface area contributed by atoms with Crippen molar-refractivity contribution in [2.24, 2.45) is 12.9 Å². The standard InChI is InChI=1S/C9H11BrN4O/c1-14-4-3-12-9(14)7(13-11)8-6(10)2-5-15-8/h2-5,7,13H,11H2,1H3. The first-order valence-electron chi connectivity index (χ1n) is 4.40. The van der Waals surface area contributed by atoms with Gasteiger partial charge in [-0.25, -0.2) is 10.4 Å². The summed E-state index contributed by atoms with van der Waals surface area (Å²) in [7, 11) is 1.91. The van der Waals surface area contributed by atoms with Gasteiger partial charge in [0.05, 0.1) is 10.7 Å². The summed E-state index contributed by atoms with van der Waals surface area (Å²) in [5.41, 5.74) is 2.68. The van der Waals surface area contributed by atoms with Crippen LogP contribution in [0.3, 0.4) is 0 Å². The van der Waals surface area contributed by atoms with Crippen LogP contribution < -0.4 is 11.3 Å². The zero-order valence-electron chi connectivity index (χ0n) is 8.14. The molecule has 0 bridgehead atoms. The lowest BCUT2D eigenvalue weighted by molar-refractivity contribution is 0.433. The Kier molecular flexibility index (Phi) is 2.90. The summed E-state index contributed by atoms with van der Waals surface area (Å²) >= 11 is 3.39. The van der Waals surface area contributed by atoms with Crippen LogP contribution in [0, 0.1) is 0 Å². The van der Waals surface area contributed by atoms with Crippen LogP contribution in [0.1, 0.15) is 17.6 Å². The van der Waals surface area contributed by atoms with Gasteiger partial charge in [-0.05, 0) is 22.0 Å². The first-order chi connectivity index (χ1) is 7.24. The maximum absolute atomic E-state index is 5.51. The summed E-state index contributed by atoms with van der Waals surface area (Å²) in [6.07, 6.45) is 5.18. The van der Waals surface area contributed by atoms with Crippen LogP contribution in [0.4, 0.5) is 0 Å². The van der Waals surface area contributed by atoms with E-state index < -0.39 is 0 Å². The lowest BCUT2D eigenvalue weighted by Crippen LogP contribution is -2.30. The molecule has 0 saturated heterocycles. The molecule has 0 spiro atoms. The molecule has 0 aliphatic rings. The molecule has 1 unspecified atom stereocenters. The minimum Gasteiger partial charge on any atom is -0.466 e. The minimum atomic E-state index is -0.255. The van der Waals surface area contributed by atoms with Crippen molar-refractivity contribution in [1.29, 1.82) is 0 Å². The third kappa shape index (κ3) is 1.83. The van der Waals surface area contributed by atoms with Gasteiger partial charge in [0.2, 0.25) is 0 Å². The summed E-state index contributed by atoms with van der Waals surface area (Å²) in [5.74, 6) is 7.02. The number of hydrogen-bond acceptors (Lipinski definition) is 4. The average molecular weight is 271 g/mol. The number of nitrogens with zero attached hydrogens (tertiary/aromatic N) is 2. The normalized spacial score (nSPS) is 13.0. The summed E-state index contributed by atoms with van der Waals surface area (Å²) in [6, 6.07) is 1.57. The van der Waals surface area contributed by atoms with Gasteiger partial charge in [0, 0.05) is 19.4 Å². The van der Waals surface area contributed by atoms with Gasteiger partial charge in [-0.15, -0.1) is 0 Å². The van der Waals surface area contributed by atoms with Crippen LogP contribution >= 0.6 is 15.9 Å². The Balaban J connectivity index is 2.41. The lowest BCUT2D eigenvalue weighted by atomic mass is 10.2. The van der Waals surface area contributed by atoms with Crippen molar-refractivity contribution in [2.45, 2.75) is 6.04 Å². The average Bonchev–Trinajstić information content (AvgIpc) is 2.80. The van der Waals surface area contributed by atoms with Crippen LogP contribution in [0.5, 0.6) is 0 Å². The number of rotatable bonds is 3. The number of aryl methyl sites for hydroxylation is 1. The van der Waals surface area contributed by atoms with Crippen LogP contribution in [0.2, 0.25) is 0 Å². The monoisotopic (exact) mass is 270 g/mol. The number of nitrogens with two attached hydrogens (primary N) is 1. The fourth-order valence-corrected chi connectivity index (χ4v) is 1.86. The molecular weight excluding hydrogens is 260 g/mol. The molecule has 80 valence electrons. The molecule has 1 atom stereocenters. The van der Waals surface area contributed by atoms with Gasteiger partial charge in [-0.3, -0.25) is 5.84 Å². The minimum absolute atomic E-state index is 0.255. The number of furan rings is 1. The topological polar surface area (TPSA) is 69.0 Å². The number of hydrazine groups is 1. The first-order valence-corrected chi connectivity index (χ1v) is 5.19. The van der Waals surface area contributed by atoms with Crippen LogP contribution in [0.15, 0.2) is 33.6 Å². The molecule has 6 heteroatoms. The zero-order valence-corrected chi connectivity index (χ0v) is 9.73. The molecule has 2 rings (SSSR count). The Hall–Kier alpha value is -1.11. The highest BCUT2D eigenvalue weighted by Crippen LogP contribution is 2.27. The van der Waals surface area contributed by atoms with E-state index in [1.54, 1.807) is 12.5 Å². The van der Waals surface area contributed by atoms with E-state index >= 15 is 0 Å². The van der Waals surface area contributed by atoms with E-state index in [4.69, 9.17) is 10.3 Å². The van der Waals surface area contributed by atoms with E-state index in [9.17, 15) is 0 Å². The molecule has 0 radical (unpaired) electrons. The summed E-state index contributed by atoms with van der Waals surface area (Å²) < 4.78 is 8.11. The molecule has 0 saturated carbocycles. The van der Waals surface area contributed by atoms with Crippen LogP contribution in [-0.2, 0) is 7.05 Å². The second kappa shape index (κ2) is 4.18. The van der Waals surface area contributed by atoms with Gasteiger partial charge >= 0.3 is 0 Å². The Morgan fingerprint density at radius 2 is 2.47 bits per heavy atom. The van der Waals surface area contributed by atoms with Crippen molar-refractivity contribution in [3.8, 4) is 0 Å². The zero-order chi connectivity index (χ0) is 10.8. The summed E-state index contributed by atoms with van der Waals surface area (Å²) in [5, 5.41) is 0. The first kappa shape index (κ1) is 10.4. The third-order valence-corrected chi connectivity index (χ3v) is 2.85. The Morgan fingerprint density at radius 1 is 1.67 bits per heavy atom. The third-order valence-electron chi connectivity index (χ3n) is 2.19. The highest BCUT2D eigenvalue weighted by Gasteiger charge is 2.21.